The van der Waals surface area contributed by atoms with Gasteiger partial charge in [-0.25, -0.2) is 8.42 Å². The average molecular weight is 296 g/mol. The maximum atomic E-state index is 12.8. The molecule has 0 amide bonds. The van der Waals surface area contributed by atoms with Crippen LogP contribution in [0.25, 0.3) is 0 Å². The number of sulfonamides is 1. The molecular weight excluding hydrogens is 272 g/mol. The van der Waals surface area contributed by atoms with Crippen LogP contribution in [0.2, 0.25) is 0 Å². The van der Waals surface area contributed by atoms with Gasteiger partial charge in [0.1, 0.15) is 0 Å². The number of hydrogen-bond acceptors (Lipinski definition) is 3. The van der Waals surface area contributed by atoms with E-state index in [0.717, 1.165) is 24.8 Å². The quantitative estimate of drug-likeness (QED) is 0.932. The predicted molar refractivity (Wildman–Crippen MR) is 80.8 cm³/mol. The summed E-state index contributed by atoms with van der Waals surface area (Å²) in [6, 6.07) is 6.99. The van der Waals surface area contributed by atoms with Crippen LogP contribution in [0, 0.1) is 0 Å². The Morgan fingerprint density at radius 1 is 1.15 bits per heavy atom. The highest BCUT2D eigenvalue weighted by Crippen LogP contribution is 2.29. The highest BCUT2D eigenvalue weighted by atomic mass is 32.2. The van der Waals surface area contributed by atoms with Gasteiger partial charge in [-0.05, 0) is 51.3 Å². The third kappa shape index (κ3) is 2.90. The van der Waals surface area contributed by atoms with E-state index in [9.17, 15) is 8.42 Å². The molecule has 1 saturated heterocycles. The van der Waals surface area contributed by atoms with Crippen molar-refractivity contribution in [1.29, 1.82) is 0 Å². The lowest BCUT2D eigenvalue weighted by Gasteiger charge is -2.37. The number of rotatable bonds is 3. The predicted octanol–water partition coefficient (Wildman–Crippen LogP) is 2.66. The van der Waals surface area contributed by atoms with Gasteiger partial charge < -0.3 is 5.73 Å². The molecule has 0 aliphatic carbocycles. The molecule has 1 aliphatic rings. The van der Waals surface area contributed by atoms with Crippen molar-refractivity contribution in [2.24, 2.45) is 5.73 Å². The smallest absolute Gasteiger partial charge is 0.243 e. The number of piperidine rings is 1. The summed E-state index contributed by atoms with van der Waals surface area (Å²) in [5.41, 5.74) is 6.75. The molecule has 0 spiro atoms. The van der Waals surface area contributed by atoms with E-state index < -0.39 is 10.0 Å². The monoisotopic (exact) mass is 296 g/mol. The van der Waals surface area contributed by atoms with Crippen molar-refractivity contribution in [2.75, 3.05) is 0 Å². The van der Waals surface area contributed by atoms with E-state index in [4.69, 9.17) is 5.73 Å². The van der Waals surface area contributed by atoms with E-state index in [2.05, 4.69) is 0 Å². The van der Waals surface area contributed by atoms with Crippen molar-refractivity contribution in [2.45, 2.75) is 63.1 Å². The molecule has 1 heterocycles. The fourth-order valence-corrected chi connectivity index (χ4v) is 4.82. The Morgan fingerprint density at radius 2 is 1.65 bits per heavy atom. The summed E-state index contributed by atoms with van der Waals surface area (Å²) in [6.07, 6.45) is 2.96. The lowest BCUT2D eigenvalue weighted by atomic mass is 10.0. The van der Waals surface area contributed by atoms with E-state index in [-0.39, 0.29) is 18.1 Å². The van der Waals surface area contributed by atoms with Crippen molar-refractivity contribution >= 4 is 10.0 Å². The summed E-state index contributed by atoms with van der Waals surface area (Å²) in [4.78, 5) is 0.363. The van der Waals surface area contributed by atoms with Gasteiger partial charge >= 0.3 is 0 Å². The van der Waals surface area contributed by atoms with Gasteiger partial charge in [-0.2, -0.15) is 4.31 Å². The fourth-order valence-electron chi connectivity index (χ4n) is 2.94. The molecule has 2 N–H and O–H groups in total. The van der Waals surface area contributed by atoms with Gasteiger partial charge in [0.05, 0.1) is 4.90 Å². The topological polar surface area (TPSA) is 63.4 Å². The minimum absolute atomic E-state index is 0.0665. The number of hydrogen-bond donors (Lipinski definition) is 1. The molecule has 5 heteroatoms. The molecule has 112 valence electrons. The molecule has 0 radical (unpaired) electrons. The first kappa shape index (κ1) is 15.5. The standard InChI is InChI=1S/C15H24N2O2S/c1-11-5-4-6-12(2)17(11)20(18,19)15-9-7-14(8-10-15)13(3)16/h7-13H,4-6,16H2,1-3H3. The zero-order valence-corrected chi connectivity index (χ0v) is 13.2. The van der Waals surface area contributed by atoms with Crippen molar-refractivity contribution in [3.05, 3.63) is 29.8 Å². The minimum atomic E-state index is -3.41. The van der Waals surface area contributed by atoms with Gasteiger partial charge in [0.15, 0.2) is 0 Å². The highest BCUT2D eigenvalue weighted by Gasteiger charge is 2.35. The minimum Gasteiger partial charge on any atom is -0.324 e. The number of nitrogens with zero attached hydrogens (tertiary/aromatic N) is 1. The SMILES string of the molecule is CC(N)c1ccc(S(=O)(=O)N2C(C)CCCC2C)cc1. The van der Waals surface area contributed by atoms with Crippen molar-refractivity contribution in [3.8, 4) is 0 Å². The fraction of sp³-hybridized carbons (Fsp3) is 0.600. The van der Waals surface area contributed by atoms with Crippen LogP contribution in [0.15, 0.2) is 29.2 Å². The number of nitrogens with two attached hydrogens (primary N) is 1. The van der Waals surface area contributed by atoms with Crippen LogP contribution in [0.4, 0.5) is 0 Å². The van der Waals surface area contributed by atoms with Crippen LogP contribution in [-0.2, 0) is 10.0 Å². The summed E-state index contributed by atoms with van der Waals surface area (Å²) in [5, 5.41) is 0. The molecule has 1 fully saturated rings. The van der Waals surface area contributed by atoms with Gasteiger partial charge in [-0.1, -0.05) is 18.6 Å². The zero-order chi connectivity index (χ0) is 14.9. The molecule has 3 unspecified atom stereocenters. The summed E-state index contributed by atoms with van der Waals surface area (Å²) >= 11 is 0. The van der Waals surface area contributed by atoms with Gasteiger partial charge in [0, 0.05) is 18.1 Å². The molecule has 1 aromatic carbocycles. The van der Waals surface area contributed by atoms with Crippen molar-refractivity contribution in [3.63, 3.8) is 0 Å². The Balaban J connectivity index is 2.34. The summed E-state index contributed by atoms with van der Waals surface area (Å²) < 4.78 is 27.2. The van der Waals surface area contributed by atoms with E-state index in [1.165, 1.54) is 0 Å². The Labute approximate surface area is 122 Å². The average Bonchev–Trinajstić information content (AvgIpc) is 2.38. The second kappa shape index (κ2) is 5.84. The van der Waals surface area contributed by atoms with E-state index >= 15 is 0 Å². The molecule has 0 bridgehead atoms. The van der Waals surface area contributed by atoms with Crippen LogP contribution >= 0.6 is 0 Å². The van der Waals surface area contributed by atoms with E-state index in [1.807, 2.05) is 20.8 Å². The normalized spacial score (nSPS) is 26.4. The maximum absolute atomic E-state index is 12.8. The molecule has 3 atom stereocenters. The molecule has 0 saturated carbocycles. The van der Waals surface area contributed by atoms with Crippen molar-refractivity contribution < 1.29 is 8.42 Å². The highest BCUT2D eigenvalue weighted by molar-refractivity contribution is 7.89. The Kier molecular flexibility index (Phi) is 4.52. The van der Waals surface area contributed by atoms with E-state index in [1.54, 1.807) is 28.6 Å². The van der Waals surface area contributed by atoms with Gasteiger partial charge in [-0.15, -0.1) is 0 Å². The molecule has 0 aromatic heterocycles. The lowest BCUT2D eigenvalue weighted by Crippen LogP contribution is -2.47. The molecule has 2 rings (SSSR count). The summed E-state index contributed by atoms with van der Waals surface area (Å²) in [5.74, 6) is 0. The maximum Gasteiger partial charge on any atom is 0.243 e. The van der Waals surface area contributed by atoms with E-state index in [0.29, 0.717) is 4.90 Å². The largest absolute Gasteiger partial charge is 0.324 e. The Hall–Kier alpha value is -0.910. The molecule has 1 aliphatic heterocycles. The Bertz CT molecular complexity index is 542. The summed E-state index contributed by atoms with van der Waals surface area (Å²) in [6.45, 7) is 5.87. The Morgan fingerprint density at radius 3 is 2.10 bits per heavy atom. The first-order valence-electron chi connectivity index (χ1n) is 7.23. The van der Waals surface area contributed by atoms with Crippen LogP contribution in [0.1, 0.15) is 51.6 Å². The van der Waals surface area contributed by atoms with Crippen LogP contribution in [0.5, 0.6) is 0 Å². The third-order valence-electron chi connectivity index (χ3n) is 4.09. The molecule has 4 nitrogen and oxygen atoms in total. The van der Waals surface area contributed by atoms with Crippen molar-refractivity contribution in [1.82, 2.24) is 4.31 Å². The molecular formula is C15H24N2O2S. The summed E-state index contributed by atoms with van der Waals surface area (Å²) in [7, 11) is -3.41. The van der Waals surface area contributed by atoms with Gasteiger partial charge in [0.25, 0.3) is 0 Å². The second-order valence-electron chi connectivity index (χ2n) is 5.82. The molecule has 1 aromatic rings. The second-order valence-corrected chi connectivity index (χ2v) is 7.66. The van der Waals surface area contributed by atoms with Gasteiger partial charge in [-0.3, -0.25) is 0 Å². The number of benzene rings is 1. The van der Waals surface area contributed by atoms with Crippen LogP contribution in [-0.4, -0.2) is 24.8 Å². The van der Waals surface area contributed by atoms with Gasteiger partial charge in [0.2, 0.25) is 10.0 Å². The third-order valence-corrected chi connectivity index (χ3v) is 6.24. The zero-order valence-electron chi connectivity index (χ0n) is 12.4. The first-order chi connectivity index (χ1) is 9.34. The van der Waals surface area contributed by atoms with Crippen LogP contribution in [0.3, 0.4) is 0 Å². The first-order valence-corrected chi connectivity index (χ1v) is 8.67. The lowest BCUT2D eigenvalue weighted by molar-refractivity contribution is 0.204. The van der Waals surface area contributed by atoms with Crippen LogP contribution < -0.4 is 5.73 Å². The molecule has 20 heavy (non-hydrogen) atoms.